The molecule has 190 valence electrons. The highest BCUT2D eigenvalue weighted by molar-refractivity contribution is 5.89. The summed E-state index contributed by atoms with van der Waals surface area (Å²) in [4.78, 5) is 23.6. The van der Waals surface area contributed by atoms with Gasteiger partial charge in [0.15, 0.2) is 0 Å². The predicted molar refractivity (Wildman–Crippen MR) is 139 cm³/mol. The van der Waals surface area contributed by atoms with Gasteiger partial charge in [0, 0.05) is 12.3 Å². The normalized spacial score (nSPS) is 15.3. The van der Waals surface area contributed by atoms with Gasteiger partial charge in [-0.1, -0.05) is 57.2 Å². The van der Waals surface area contributed by atoms with Gasteiger partial charge >= 0.3 is 5.97 Å². The van der Waals surface area contributed by atoms with Crippen molar-refractivity contribution in [3.63, 3.8) is 0 Å². The van der Waals surface area contributed by atoms with Gasteiger partial charge in [0.05, 0.1) is 25.4 Å². The lowest BCUT2D eigenvalue weighted by Crippen LogP contribution is -2.31. The van der Waals surface area contributed by atoms with Crippen molar-refractivity contribution < 1.29 is 23.8 Å². The molecule has 0 aliphatic carbocycles. The van der Waals surface area contributed by atoms with Gasteiger partial charge in [-0.2, -0.15) is 0 Å². The standard InChI is InChI=1S/C30H40O5/c1-6-22(2)28(35-30(32)26-12-8-7-9-13-26)19-14-24(4)29(23(3)11-10-20-31)34-21-25-15-17-27(33-5)18-16-25/h6-9,12-13,15-18,20,22-24,28-29H,1,10-11,14,19,21H2,2-5H3/t22-,23+,24-,28+,29+/m1/s1. The fraction of sp³-hybridized carbons (Fsp3) is 0.467. The summed E-state index contributed by atoms with van der Waals surface area (Å²) >= 11 is 0. The predicted octanol–water partition coefficient (Wildman–Crippen LogP) is 6.66. The van der Waals surface area contributed by atoms with Gasteiger partial charge in [-0.05, 0) is 60.9 Å². The van der Waals surface area contributed by atoms with Crippen LogP contribution in [0.15, 0.2) is 67.3 Å². The third-order valence-electron chi connectivity index (χ3n) is 6.60. The van der Waals surface area contributed by atoms with Gasteiger partial charge in [-0.25, -0.2) is 4.79 Å². The number of hydrogen-bond acceptors (Lipinski definition) is 5. The number of carbonyl (C=O) groups excluding carboxylic acids is 2. The Morgan fingerprint density at radius 1 is 0.943 bits per heavy atom. The molecule has 0 saturated heterocycles. The van der Waals surface area contributed by atoms with Crippen LogP contribution in [0.4, 0.5) is 0 Å². The van der Waals surface area contributed by atoms with Crippen molar-refractivity contribution in [2.24, 2.45) is 17.8 Å². The zero-order chi connectivity index (χ0) is 25.6. The monoisotopic (exact) mass is 480 g/mol. The van der Waals surface area contributed by atoms with Crippen LogP contribution in [-0.4, -0.2) is 31.6 Å². The van der Waals surface area contributed by atoms with Crippen LogP contribution in [0, 0.1) is 17.8 Å². The summed E-state index contributed by atoms with van der Waals surface area (Å²) in [5, 5.41) is 0. The highest BCUT2D eigenvalue weighted by atomic mass is 16.5. The smallest absolute Gasteiger partial charge is 0.338 e. The first-order valence-electron chi connectivity index (χ1n) is 12.5. The summed E-state index contributed by atoms with van der Waals surface area (Å²) in [7, 11) is 1.65. The van der Waals surface area contributed by atoms with Gasteiger partial charge < -0.3 is 19.0 Å². The van der Waals surface area contributed by atoms with Crippen LogP contribution < -0.4 is 4.74 Å². The summed E-state index contributed by atoms with van der Waals surface area (Å²) in [6, 6.07) is 16.9. The maximum Gasteiger partial charge on any atom is 0.338 e. The van der Waals surface area contributed by atoms with Crippen LogP contribution in [0.3, 0.4) is 0 Å². The first-order chi connectivity index (χ1) is 16.9. The number of methoxy groups -OCH3 is 1. The summed E-state index contributed by atoms with van der Waals surface area (Å²) in [6.45, 7) is 10.7. The number of carbonyl (C=O) groups is 2. The second-order valence-electron chi connectivity index (χ2n) is 9.30. The van der Waals surface area contributed by atoms with E-state index in [1.807, 2.05) is 55.5 Å². The second-order valence-corrected chi connectivity index (χ2v) is 9.30. The Morgan fingerprint density at radius 2 is 1.60 bits per heavy atom. The molecule has 5 heteroatoms. The van der Waals surface area contributed by atoms with Crippen LogP contribution in [0.5, 0.6) is 5.75 Å². The molecular weight excluding hydrogens is 440 g/mol. The van der Waals surface area contributed by atoms with Crippen molar-refractivity contribution in [2.75, 3.05) is 7.11 Å². The van der Waals surface area contributed by atoms with Gasteiger partial charge in [-0.3, -0.25) is 0 Å². The summed E-state index contributed by atoms with van der Waals surface area (Å²) in [6.07, 6.45) is 5.32. The maximum atomic E-state index is 12.7. The molecule has 0 aliphatic rings. The number of aldehydes is 1. The van der Waals surface area contributed by atoms with E-state index in [4.69, 9.17) is 14.2 Å². The molecule has 0 N–H and O–H groups in total. The largest absolute Gasteiger partial charge is 0.497 e. The summed E-state index contributed by atoms with van der Waals surface area (Å²) in [5.74, 6) is 0.954. The molecule has 35 heavy (non-hydrogen) atoms. The minimum absolute atomic E-state index is 0.0263. The van der Waals surface area contributed by atoms with Crippen molar-refractivity contribution in [3.8, 4) is 5.75 Å². The van der Waals surface area contributed by atoms with E-state index in [-0.39, 0.29) is 35.9 Å². The van der Waals surface area contributed by atoms with E-state index in [0.29, 0.717) is 25.0 Å². The van der Waals surface area contributed by atoms with E-state index in [1.165, 1.54) is 0 Å². The van der Waals surface area contributed by atoms with Crippen LogP contribution >= 0.6 is 0 Å². The molecule has 2 aromatic carbocycles. The van der Waals surface area contributed by atoms with Crippen LogP contribution in [0.2, 0.25) is 0 Å². The fourth-order valence-corrected chi connectivity index (χ4v) is 4.25. The minimum Gasteiger partial charge on any atom is -0.497 e. The lowest BCUT2D eigenvalue weighted by Gasteiger charge is -2.31. The topological polar surface area (TPSA) is 61.8 Å². The lowest BCUT2D eigenvalue weighted by molar-refractivity contribution is -0.108. The number of hydrogen-bond donors (Lipinski definition) is 0. The third kappa shape index (κ3) is 9.33. The molecule has 0 fully saturated rings. The molecule has 0 spiro atoms. The van der Waals surface area contributed by atoms with E-state index in [1.54, 1.807) is 19.2 Å². The van der Waals surface area contributed by atoms with Crippen molar-refractivity contribution in [3.05, 3.63) is 78.4 Å². The SMILES string of the molecule is C=C[C@@H](C)[C@H](CC[C@@H](C)[C@@H](OCc1ccc(OC)cc1)[C@@H](C)CCC=O)OC(=O)c1ccccc1. The van der Waals surface area contributed by atoms with Gasteiger partial charge in [-0.15, -0.1) is 6.58 Å². The molecule has 0 heterocycles. The Hall–Kier alpha value is -2.92. The summed E-state index contributed by atoms with van der Waals surface area (Å²) < 4.78 is 17.5. The van der Waals surface area contributed by atoms with Gasteiger partial charge in [0.2, 0.25) is 0 Å². The zero-order valence-electron chi connectivity index (χ0n) is 21.5. The Balaban J connectivity index is 2.04. The number of esters is 1. The fourth-order valence-electron chi connectivity index (χ4n) is 4.25. The minimum atomic E-state index is -0.316. The average Bonchev–Trinajstić information content (AvgIpc) is 2.90. The van der Waals surface area contributed by atoms with Crippen molar-refractivity contribution in [1.29, 1.82) is 0 Å². The Kier molecular flexibility index (Phi) is 12.3. The summed E-state index contributed by atoms with van der Waals surface area (Å²) in [5.41, 5.74) is 1.62. The number of benzene rings is 2. The second kappa shape index (κ2) is 15.2. The molecule has 2 rings (SSSR count). The van der Waals surface area contributed by atoms with E-state index >= 15 is 0 Å². The van der Waals surface area contributed by atoms with Crippen LogP contribution in [0.1, 0.15) is 62.4 Å². The molecule has 5 nitrogen and oxygen atoms in total. The third-order valence-corrected chi connectivity index (χ3v) is 6.60. The first kappa shape index (κ1) is 28.3. The molecule has 0 radical (unpaired) electrons. The zero-order valence-corrected chi connectivity index (χ0v) is 21.5. The lowest BCUT2D eigenvalue weighted by atomic mass is 9.85. The maximum absolute atomic E-state index is 12.7. The quantitative estimate of drug-likeness (QED) is 0.153. The highest BCUT2D eigenvalue weighted by Crippen LogP contribution is 2.28. The van der Waals surface area contributed by atoms with Gasteiger partial charge in [0.1, 0.15) is 18.1 Å². The van der Waals surface area contributed by atoms with Gasteiger partial charge in [0.25, 0.3) is 0 Å². The first-order valence-corrected chi connectivity index (χ1v) is 12.5. The molecule has 0 bridgehead atoms. The molecule has 0 unspecified atom stereocenters. The Bertz CT molecular complexity index is 893. The van der Waals surface area contributed by atoms with Crippen LogP contribution in [0.25, 0.3) is 0 Å². The van der Waals surface area contributed by atoms with Crippen molar-refractivity contribution in [2.45, 2.75) is 65.3 Å². The van der Waals surface area contributed by atoms with Crippen molar-refractivity contribution in [1.82, 2.24) is 0 Å². The molecule has 2 aromatic rings. The Labute approximate surface area is 210 Å². The molecular formula is C30H40O5. The molecule has 0 saturated carbocycles. The van der Waals surface area contributed by atoms with Crippen molar-refractivity contribution >= 4 is 12.3 Å². The number of rotatable bonds is 16. The molecule has 0 aromatic heterocycles. The molecule has 5 atom stereocenters. The van der Waals surface area contributed by atoms with E-state index in [2.05, 4.69) is 20.4 Å². The number of ether oxygens (including phenoxy) is 3. The average molecular weight is 481 g/mol. The Morgan fingerprint density at radius 3 is 2.20 bits per heavy atom. The van der Waals surface area contributed by atoms with E-state index < -0.39 is 0 Å². The highest BCUT2D eigenvalue weighted by Gasteiger charge is 2.27. The molecule has 0 amide bonds. The van der Waals surface area contributed by atoms with E-state index in [9.17, 15) is 9.59 Å². The van der Waals surface area contributed by atoms with E-state index in [0.717, 1.165) is 30.4 Å². The van der Waals surface area contributed by atoms with Crippen LogP contribution in [-0.2, 0) is 20.9 Å². The molecule has 0 aliphatic heterocycles.